The number of likely N-dealkylation sites (N-methyl/N-ethyl adjacent to an activating group) is 1. The van der Waals surface area contributed by atoms with Crippen molar-refractivity contribution in [3.05, 3.63) is 29.8 Å². The molecule has 1 aliphatic carbocycles. The summed E-state index contributed by atoms with van der Waals surface area (Å²) in [5.41, 5.74) is 1.74. The van der Waals surface area contributed by atoms with Gasteiger partial charge in [0.15, 0.2) is 0 Å². The van der Waals surface area contributed by atoms with E-state index in [1.165, 1.54) is 26.2 Å². The fourth-order valence-corrected chi connectivity index (χ4v) is 3.27. The highest BCUT2D eigenvalue weighted by molar-refractivity contribution is 5.88. The maximum absolute atomic E-state index is 12.5. The van der Waals surface area contributed by atoms with Crippen molar-refractivity contribution in [1.29, 1.82) is 0 Å². The molecule has 4 heteroatoms. The Morgan fingerprint density at radius 3 is 2.41 bits per heavy atom. The number of hydrogen-bond acceptors (Lipinski definition) is 2. The molecule has 120 valence electrons. The number of nitrogens with one attached hydrogen (secondary N) is 1. The van der Waals surface area contributed by atoms with Gasteiger partial charge in [-0.15, -0.1) is 0 Å². The van der Waals surface area contributed by atoms with Gasteiger partial charge in [0, 0.05) is 25.7 Å². The highest BCUT2D eigenvalue weighted by atomic mass is 16.2. The molecule has 0 radical (unpaired) electrons. The standard InChI is InChI=1S/C18H26N2O2/c1-13-6-4-5-7-17(13)20(3)18(22)12-15-8-10-16(11-9-15)19-14(2)21/h8-11,13,17H,4-7,12H2,1-3H3,(H,19,21). The minimum Gasteiger partial charge on any atom is -0.342 e. The maximum Gasteiger partial charge on any atom is 0.226 e. The van der Waals surface area contributed by atoms with E-state index in [1.807, 2.05) is 36.2 Å². The molecule has 0 aromatic heterocycles. The Labute approximate surface area is 132 Å². The average Bonchev–Trinajstić information content (AvgIpc) is 2.48. The number of nitrogens with zero attached hydrogens (tertiary/aromatic N) is 1. The fourth-order valence-electron chi connectivity index (χ4n) is 3.27. The van der Waals surface area contributed by atoms with Gasteiger partial charge in [-0.05, 0) is 36.5 Å². The molecule has 0 heterocycles. The second-order valence-corrected chi connectivity index (χ2v) is 6.39. The first-order valence-electron chi connectivity index (χ1n) is 8.09. The smallest absolute Gasteiger partial charge is 0.226 e. The molecule has 4 nitrogen and oxygen atoms in total. The third-order valence-corrected chi connectivity index (χ3v) is 4.59. The van der Waals surface area contributed by atoms with Gasteiger partial charge in [-0.2, -0.15) is 0 Å². The minimum absolute atomic E-state index is 0.0881. The zero-order valence-corrected chi connectivity index (χ0v) is 13.8. The van der Waals surface area contributed by atoms with Crippen LogP contribution in [-0.2, 0) is 16.0 Å². The maximum atomic E-state index is 12.5. The predicted molar refractivity (Wildman–Crippen MR) is 88.6 cm³/mol. The number of benzene rings is 1. The Kier molecular flexibility index (Phi) is 5.58. The molecule has 1 fully saturated rings. The van der Waals surface area contributed by atoms with E-state index in [0.29, 0.717) is 18.4 Å². The van der Waals surface area contributed by atoms with Crippen molar-refractivity contribution in [3.8, 4) is 0 Å². The van der Waals surface area contributed by atoms with Gasteiger partial charge in [0.2, 0.25) is 11.8 Å². The molecule has 1 aromatic rings. The second kappa shape index (κ2) is 7.43. The van der Waals surface area contributed by atoms with Gasteiger partial charge in [-0.1, -0.05) is 31.9 Å². The molecule has 1 saturated carbocycles. The van der Waals surface area contributed by atoms with Gasteiger partial charge in [0.25, 0.3) is 0 Å². The lowest BCUT2D eigenvalue weighted by Crippen LogP contribution is -2.43. The molecular formula is C18H26N2O2. The molecule has 2 atom stereocenters. The van der Waals surface area contributed by atoms with Crippen molar-refractivity contribution in [2.45, 2.75) is 52.0 Å². The molecule has 0 saturated heterocycles. The highest BCUT2D eigenvalue weighted by Gasteiger charge is 2.27. The molecule has 1 aromatic carbocycles. The van der Waals surface area contributed by atoms with E-state index in [9.17, 15) is 9.59 Å². The lowest BCUT2D eigenvalue weighted by atomic mass is 9.85. The van der Waals surface area contributed by atoms with Gasteiger partial charge < -0.3 is 10.2 Å². The largest absolute Gasteiger partial charge is 0.342 e. The normalized spacial score (nSPS) is 21.2. The SMILES string of the molecule is CC(=O)Nc1ccc(CC(=O)N(C)C2CCCCC2C)cc1. The summed E-state index contributed by atoms with van der Waals surface area (Å²) in [7, 11) is 1.93. The quantitative estimate of drug-likeness (QED) is 0.928. The number of hydrogen-bond donors (Lipinski definition) is 1. The van der Waals surface area contributed by atoms with Crippen molar-refractivity contribution in [2.24, 2.45) is 5.92 Å². The Hall–Kier alpha value is -1.84. The highest BCUT2D eigenvalue weighted by Crippen LogP contribution is 2.27. The third-order valence-electron chi connectivity index (χ3n) is 4.59. The molecule has 2 unspecified atom stereocenters. The molecule has 1 aliphatic rings. The monoisotopic (exact) mass is 302 g/mol. The van der Waals surface area contributed by atoms with Crippen LogP contribution in [0.15, 0.2) is 24.3 Å². The molecule has 0 bridgehead atoms. The van der Waals surface area contributed by atoms with Crippen molar-refractivity contribution in [3.63, 3.8) is 0 Å². The van der Waals surface area contributed by atoms with Gasteiger partial charge in [-0.25, -0.2) is 0 Å². The van der Waals surface area contributed by atoms with Crippen LogP contribution < -0.4 is 5.32 Å². The molecule has 0 spiro atoms. The summed E-state index contributed by atoms with van der Waals surface area (Å²) < 4.78 is 0. The van der Waals surface area contributed by atoms with Gasteiger partial charge in [-0.3, -0.25) is 9.59 Å². The molecule has 0 aliphatic heterocycles. The fraction of sp³-hybridized carbons (Fsp3) is 0.556. The topological polar surface area (TPSA) is 49.4 Å². The van der Waals surface area contributed by atoms with Crippen molar-refractivity contribution in [1.82, 2.24) is 4.90 Å². The van der Waals surface area contributed by atoms with E-state index < -0.39 is 0 Å². The van der Waals surface area contributed by atoms with Gasteiger partial charge in [0.05, 0.1) is 6.42 Å². The zero-order chi connectivity index (χ0) is 16.1. The lowest BCUT2D eigenvalue weighted by Gasteiger charge is -2.36. The second-order valence-electron chi connectivity index (χ2n) is 6.39. The van der Waals surface area contributed by atoms with Crippen LogP contribution in [0.4, 0.5) is 5.69 Å². The molecule has 1 N–H and O–H groups in total. The van der Waals surface area contributed by atoms with Crippen LogP contribution in [-0.4, -0.2) is 29.8 Å². The van der Waals surface area contributed by atoms with Crippen LogP contribution in [0.5, 0.6) is 0 Å². The van der Waals surface area contributed by atoms with Crippen LogP contribution >= 0.6 is 0 Å². The summed E-state index contributed by atoms with van der Waals surface area (Å²) in [6.45, 7) is 3.73. The number of carbonyl (C=O) groups excluding carboxylic acids is 2. The molecule has 2 rings (SSSR count). The summed E-state index contributed by atoms with van der Waals surface area (Å²) in [4.78, 5) is 25.4. The third kappa shape index (κ3) is 4.33. The first-order valence-corrected chi connectivity index (χ1v) is 8.09. The lowest BCUT2D eigenvalue weighted by molar-refractivity contribution is -0.132. The summed E-state index contributed by atoms with van der Waals surface area (Å²) in [5.74, 6) is 0.672. The van der Waals surface area contributed by atoms with E-state index in [2.05, 4.69) is 12.2 Å². The number of carbonyl (C=O) groups is 2. The summed E-state index contributed by atoms with van der Waals surface area (Å²) in [6.07, 6.45) is 5.25. The number of rotatable bonds is 4. The van der Waals surface area contributed by atoms with E-state index in [4.69, 9.17) is 0 Å². The first-order chi connectivity index (χ1) is 10.5. The molecular weight excluding hydrogens is 276 g/mol. The van der Waals surface area contributed by atoms with Gasteiger partial charge in [0.1, 0.15) is 0 Å². The van der Waals surface area contributed by atoms with Crippen LogP contribution in [0, 0.1) is 5.92 Å². The summed E-state index contributed by atoms with van der Waals surface area (Å²) in [5, 5.41) is 2.73. The zero-order valence-electron chi connectivity index (χ0n) is 13.8. The van der Waals surface area contributed by atoms with Gasteiger partial charge >= 0.3 is 0 Å². The molecule has 22 heavy (non-hydrogen) atoms. The Bertz CT molecular complexity index is 524. The number of amides is 2. The Balaban J connectivity index is 1.94. The van der Waals surface area contributed by atoms with Crippen LogP contribution in [0.1, 0.15) is 45.1 Å². The average molecular weight is 302 g/mol. The van der Waals surface area contributed by atoms with Crippen LogP contribution in [0.2, 0.25) is 0 Å². The van der Waals surface area contributed by atoms with Crippen molar-refractivity contribution < 1.29 is 9.59 Å². The molecule has 2 amide bonds. The van der Waals surface area contributed by atoms with E-state index >= 15 is 0 Å². The summed E-state index contributed by atoms with van der Waals surface area (Å²) in [6, 6.07) is 7.86. The minimum atomic E-state index is -0.0881. The van der Waals surface area contributed by atoms with E-state index in [0.717, 1.165) is 17.7 Å². The number of anilines is 1. The van der Waals surface area contributed by atoms with E-state index in [-0.39, 0.29) is 11.8 Å². The van der Waals surface area contributed by atoms with Crippen molar-refractivity contribution in [2.75, 3.05) is 12.4 Å². The van der Waals surface area contributed by atoms with Crippen LogP contribution in [0.25, 0.3) is 0 Å². The Morgan fingerprint density at radius 1 is 1.18 bits per heavy atom. The summed E-state index contributed by atoms with van der Waals surface area (Å²) >= 11 is 0. The first kappa shape index (κ1) is 16.5. The van der Waals surface area contributed by atoms with E-state index in [1.54, 1.807) is 0 Å². The van der Waals surface area contributed by atoms with Crippen molar-refractivity contribution >= 4 is 17.5 Å². The van der Waals surface area contributed by atoms with Crippen LogP contribution in [0.3, 0.4) is 0 Å². The predicted octanol–water partition coefficient (Wildman–Crippen LogP) is 3.22. The Morgan fingerprint density at radius 2 is 1.82 bits per heavy atom.